The molecule has 1 aromatic heterocycles. The third-order valence-corrected chi connectivity index (χ3v) is 4.49. The highest BCUT2D eigenvalue weighted by molar-refractivity contribution is 9.10. The van der Waals surface area contributed by atoms with Gasteiger partial charge in [-0.15, -0.1) is 0 Å². The fourth-order valence-corrected chi connectivity index (χ4v) is 3.76. The summed E-state index contributed by atoms with van der Waals surface area (Å²) in [7, 11) is 0. The Hall–Kier alpha value is -0.610. The fraction of sp³-hybridized carbons (Fsp3) is 0.615. The lowest BCUT2D eigenvalue weighted by Gasteiger charge is -2.38. The highest BCUT2D eigenvalue weighted by atomic mass is 79.9. The van der Waals surface area contributed by atoms with Crippen LogP contribution in [0, 0.1) is 12.8 Å². The second kappa shape index (κ2) is 4.58. The summed E-state index contributed by atoms with van der Waals surface area (Å²) in [6.45, 7) is 5.49. The van der Waals surface area contributed by atoms with Gasteiger partial charge in [0.05, 0.1) is 4.47 Å². The minimum atomic E-state index is 0.634. The van der Waals surface area contributed by atoms with Gasteiger partial charge in [-0.05, 0) is 53.2 Å². The molecule has 3 nitrogen and oxygen atoms in total. The molecule has 0 aromatic carbocycles. The van der Waals surface area contributed by atoms with Gasteiger partial charge in [-0.25, -0.2) is 4.98 Å². The number of aryl methyl sites for hydroxylation is 1. The molecule has 17 heavy (non-hydrogen) atoms. The van der Waals surface area contributed by atoms with E-state index in [-0.39, 0.29) is 0 Å². The summed E-state index contributed by atoms with van der Waals surface area (Å²) >= 11 is 3.66. The lowest BCUT2D eigenvalue weighted by atomic mass is 9.92. The van der Waals surface area contributed by atoms with Crippen LogP contribution in [0.25, 0.3) is 0 Å². The molecule has 0 bridgehead atoms. The number of rotatable bonds is 1. The lowest BCUT2D eigenvalue weighted by molar-refractivity contribution is 0.383. The fourth-order valence-electron chi connectivity index (χ4n) is 3.07. The Morgan fingerprint density at radius 3 is 3.18 bits per heavy atom. The largest absolute Gasteiger partial charge is 0.351 e. The summed E-state index contributed by atoms with van der Waals surface area (Å²) in [5.74, 6) is 1.92. The minimum Gasteiger partial charge on any atom is -0.351 e. The molecule has 0 aliphatic carbocycles. The van der Waals surface area contributed by atoms with Crippen LogP contribution < -0.4 is 10.2 Å². The molecular formula is C13H18BrN3. The maximum absolute atomic E-state index is 4.61. The molecule has 0 saturated carbocycles. The van der Waals surface area contributed by atoms with Gasteiger partial charge in [-0.1, -0.05) is 0 Å². The zero-order chi connectivity index (χ0) is 11.8. The first-order valence-corrected chi connectivity index (χ1v) is 7.14. The Bertz CT molecular complexity index is 421. The van der Waals surface area contributed by atoms with Crippen LogP contribution in [0.5, 0.6) is 0 Å². The lowest BCUT2D eigenvalue weighted by Crippen LogP contribution is -2.45. The number of piperidine rings is 1. The highest BCUT2D eigenvalue weighted by Gasteiger charge is 2.36. The van der Waals surface area contributed by atoms with E-state index in [4.69, 9.17) is 0 Å². The summed E-state index contributed by atoms with van der Waals surface area (Å²) in [5.41, 5.74) is 1.21. The maximum atomic E-state index is 4.61. The topological polar surface area (TPSA) is 28.2 Å². The molecule has 3 heterocycles. The molecule has 4 heteroatoms. The first-order valence-electron chi connectivity index (χ1n) is 6.35. The Kier molecular flexibility index (Phi) is 3.09. The molecule has 2 aliphatic rings. The third kappa shape index (κ3) is 2.08. The van der Waals surface area contributed by atoms with Gasteiger partial charge < -0.3 is 10.2 Å². The number of nitrogens with zero attached hydrogens (tertiary/aromatic N) is 2. The monoisotopic (exact) mass is 295 g/mol. The van der Waals surface area contributed by atoms with Gasteiger partial charge in [0, 0.05) is 31.9 Å². The highest BCUT2D eigenvalue weighted by Crippen LogP contribution is 2.33. The Balaban J connectivity index is 1.91. The maximum Gasteiger partial charge on any atom is 0.143 e. The van der Waals surface area contributed by atoms with E-state index >= 15 is 0 Å². The first-order chi connectivity index (χ1) is 8.25. The van der Waals surface area contributed by atoms with Gasteiger partial charge >= 0.3 is 0 Å². The quantitative estimate of drug-likeness (QED) is 0.862. The normalized spacial score (nSPS) is 28.2. The molecule has 3 rings (SSSR count). The van der Waals surface area contributed by atoms with Crippen LogP contribution >= 0.6 is 15.9 Å². The van der Waals surface area contributed by atoms with Gasteiger partial charge in [0.25, 0.3) is 0 Å². The molecule has 0 spiro atoms. The minimum absolute atomic E-state index is 0.634. The van der Waals surface area contributed by atoms with Gasteiger partial charge in [0.1, 0.15) is 5.82 Å². The number of anilines is 1. The number of halogens is 1. The molecule has 92 valence electrons. The number of hydrogen-bond donors (Lipinski definition) is 1. The third-order valence-electron chi connectivity index (χ3n) is 3.91. The van der Waals surface area contributed by atoms with E-state index in [1.54, 1.807) is 0 Å². The van der Waals surface area contributed by atoms with Crippen molar-refractivity contribution in [3.63, 3.8) is 0 Å². The van der Waals surface area contributed by atoms with Crippen molar-refractivity contribution in [2.45, 2.75) is 25.8 Å². The van der Waals surface area contributed by atoms with Crippen molar-refractivity contribution in [1.82, 2.24) is 10.3 Å². The summed E-state index contributed by atoms with van der Waals surface area (Å²) in [5, 5.41) is 3.51. The van der Waals surface area contributed by atoms with Crippen molar-refractivity contribution in [3.05, 3.63) is 22.3 Å². The van der Waals surface area contributed by atoms with Gasteiger partial charge in [0.15, 0.2) is 0 Å². The van der Waals surface area contributed by atoms with Crippen molar-refractivity contribution in [2.75, 3.05) is 24.5 Å². The molecule has 1 aromatic rings. The molecule has 2 saturated heterocycles. The van der Waals surface area contributed by atoms with Crippen LogP contribution in [0.1, 0.15) is 18.4 Å². The van der Waals surface area contributed by atoms with E-state index in [2.05, 4.69) is 44.1 Å². The summed E-state index contributed by atoms with van der Waals surface area (Å²) < 4.78 is 1.13. The van der Waals surface area contributed by atoms with Crippen molar-refractivity contribution in [1.29, 1.82) is 0 Å². The Labute approximate surface area is 111 Å². The summed E-state index contributed by atoms with van der Waals surface area (Å²) in [4.78, 5) is 7.10. The summed E-state index contributed by atoms with van der Waals surface area (Å²) in [6.07, 6.45) is 4.61. The summed E-state index contributed by atoms with van der Waals surface area (Å²) in [6, 6.07) is 2.80. The van der Waals surface area contributed by atoms with Crippen molar-refractivity contribution >= 4 is 21.7 Å². The van der Waals surface area contributed by atoms with Gasteiger partial charge in [-0.3, -0.25) is 0 Å². The van der Waals surface area contributed by atoms with Crippen LogP contribution in [-0.2, 0) is 0 Å². The second-order valence-electron chi connectivity index (χ2n) is 5.14. The molecule has 2 aliphatic heterocycles. The van der Waals surface area contributed by atoms with Crippen molar-refractivity contribution in [2.24, 2.45) is 5.92 Å². The number of pyridine rings is 1. The van der Waals surface area contributed by atoms with Crippen LogP contribution in [0.15, 0.2) is 16.7 Å². The molecule has 2 fully saturated rings. The number of aromatic nitrogens is 1. The smallest absolute Gasteiger partial charge is 0.143 e. The van der Waals surface area contributed by atoms with E-state index in [9.17, 15) is 0 Å². The van der Waals surface area contributed by atoms with E-state index in [1.165, 1.54) is 24.9 Å². The van der Waals surface area contributed by atoms with E-state index in [0.29, 0.717) is 6.04 Å². The van der Waals surface area contributed by atoms with Crippen LogP contribution in [0.2, 0.25) is 0 Å². The predicted octanol–water partition coefficient (Wildman–Crippen LogP) is 2.34. The predicted molar refractivity (Wildman–Crippen MR) is 73.4 cm³/mol. The Morgan fingerprint density at radius 1 is 1.47 bits per heavy atom. The van der Waals surface area contributed by atoms with E-state index < -0.39 is 0 Å². The number of fused-ring (bicyclic) bond motifs is 1. The Morgan fingerprint density at radius 2 is 2.35 bits per heavy atom. The SMILES string of the molecule is Cc1cnc(N2CCCC3CNCC32)c(Br)c1. The molecular weight excluding hydrogens is 278 g/mol. The average molecular weight is 296 g/mol. The molecule has 2 atom stereocenters. The first kappa shape index (κ1) is 11.5. The standard InChI is InChI=1S/C13H18BrN3/c1-9-5-11(14)13(16-6-9)17-4-2-3-10-7-15-8-12(10)17/h5-6,10,12,15H,2-4,7-8H2,1H3. The van der Waals surface area contributed by atoms with Gasteiger partial charge in [0.2, 0.25) is 0 Å². The zero-order valence-corrected chi connectivity index (χ0v) is 11.7. The number of hydrogen-bond acceptors (Lipinski definition) is 3. The number of nitrogens with one attached hydrogen (secondary N) is 1. The second-order valence-corrected chi connectivity index (χ2v) is 5.99. The molecule has 2 unspecified atom stereocenters. The van der Waals surface area contributed by atoms with Crippen LogP contribution in [0.3, 0.4) is 0 Å². The zero-order valence-electron chi connectivity index (χ0n) is 10.1. The van der Waals surface area contributed by atoms with Gasteiger partial charge in [-0.2, -0.15) is 0 Å². The molecule has 0 radical (unpaired) electrons. The molecule has 0 amide bonds. The van der Waals surface area contributed by atoms with E-state index in [1.807, 2.05) is 6.20 Å². The van der Waals surface area contributed by atoms with Crippen molar-refractivity contribution < 1.29 is 0 Å². The van der Waals surface area contributed by atoms with Crippen LogP contribution in [0.4, 0.5) is 5.82 Å². The average Bonchev–Trinajstić information content (AvgIpc) is 2.77. The van der Waals surface area contributed by atoms with Crippen molar-refractivity contribution in [3.8, 4) is 0 Å². The molecule has 1 N–H and O–H groups in total. The van der Waals surface area contributed by atoms with E-state index in [0.717, 1.165) is 29.3 Å². The van der Waals surface area contributed by atoms with Crippen LogP contribution in [-0.4, -0.2) is 30.7 Å².